The van der Waals surface area contributed by atoms with E-state index in [4.69, 9.17) is 9.40 Å². The molecule has 0 amide bonds. The number of hydrogen-bond donors (Lipinski definition) is 0. The number of furan rings is 1. The Kier molecular flexibility index (Phi) is 13.0. The van der Waals surface area contributed by atoms with Crippen LogP contribution in [0.5, 0.6) is 0 Å². The number of benzene rings is 7. The minimum absolute atomic E-state index is 0. The topological polar surface area (TPSA) is 43.9 Å². The first-order chi connectivity index (χ1) is 30.9. The van der Waals surface area contributed by atoms with E-state index < -0.39 is 8.07 Å². The smallest absolute Gasteiger partial charge is 0.131 e. The second-order valence-corrected chi connectivity index (χ2v) is 23.6. The van der Waals surface area contributed by atoms with E-state index in [0.29, 0.717) is 17.3 Å². The minimum atomic E-state index is -1.34. The summed E-state index contributed by atoms with van der Waals surface area (Å²) in [5, 5.41) is 3.53. The van der Waals surface area contributed by atoms with E-state index in [1.165, 1.54) is 27.9 Å². The van der Waals surface area contributed by atoms with Gasteiger partial charge < -0.3 is 14.0 Å². The SMILES string of the molecule is CC(C)(c1ccccc1)c1ccc2c(c1)oc1c(-c3nc4ccccc4n3-c3ccc(F)c(-c4ccccc4)c3)[c-]ccc12.CC(C)Cc1cc(-c2[c-]cccc2)ncc1[Si](C)(C)C.[Ir]. The summed E-state index contributed by atoms with van der Waals surface area (Å²) in [6, 6.07) is 60.9. The molecule has 0 spiro atoms. The Balaban J connectivity index is 0.000000232. The normalized spacial score (nSPS) is 11.8. The van der Waals surface area contributed by atoms with Gasteiger partial charge in [-0.2, -0.15) is 0 Å². The largest absolute Gasteiger partial charge is 0.501 e. The second-order valence-electron chi connectivity index (χ2n) is 18.5. The van der Waals surface area contributed by atoms with Crippen LogP contribution in [-0.2, 0) is 31.9 Å². The predicted octanol–water partition coefficient (Wildman–Crippen LogP) is 14.8. The van der Waals surface area contributed by atoms with Crippen molar-refractivity contribution in [2.75, 3.05) is 0 Å². The number of aromatic nitrogens is 3. The Labute approximate surface area is 396 Å². The molecule has 0 bridgehead atoms. The molecule has 3 aromatic heterocycles. The van der Waals surface area contributed by atoms with Gasteiger partial charge in [-0.1, -0.05) is 155 Å². The van der Waals surface area contributed by atoms with Crippen molar-refractivity contribution in [2.24, 2.45) is 5.92 Å². The van der Waals surface area contributed by atoms with E-state index in [1.54, 1.807) is 6.07 Å². The van der Waals surface area contributed by atoms with Crippen LogP contribution >= 0.6 is 0 Å². The van der Waals surface area contributed by atoms with Gasteiger partial charge in [0.1, 0.15) is 11.4 Å². The maximum Gasteiger partial charge on any atom is 0.131 e. The number of imidazole rings is 1. The summed E-state index contributed by atoms with van der Waals surface area (Å²) in [4.78, 5) is 9.77. The third-order valence-electron chi connectivity index (χ3n) is 12.1. The number of pyridine rings is 1. The van der Waals surface area contributed by atoms with Crippen molar-refractivity contribution in [1.29, 1.82) is 0 Å². The number of hydrogen-bond acceptors (Lipinski definition) is 3. The van der Waals surface area contributed by atoms with Gasteiger partial charge in [0.05, 0.1) is 30.5 Å². The zero-order valence-corrected chi connectivity index (χ0v) is 41.3. The predicted molar refractivity (Wildman–Crippen MR) is 267 cm³/mol. The minimum Gasteiger partial charge on any atom is -0.501 e. The van der Waals surface area contributed by atoms with Gasteiger partial charge in [0.25, 0.3) is 0 Å². The number of fused-ring (bicyclic) bond motifs is 4. The fourth-order valence-corrected chi connectivity index (χ4v) is 10.3. The Hall–Kier alpha value is -6.24. The standard InChI is InChI=1S/C40H28FN2O.C18H24NSi.Ir/c1-40(2,27-14-7-4-8-15-27)28-20-22-30-31-16-11-17-32(38(31)44-37(30)24-28)39-42-35-18-9-10-19-36(35)43(39)29-21-23-34(41)33(25-29)26-12-5-3-6-13-26;1-14(2)11-16-12-17(15-9-7-6-8-10-15)19-13-18(16)20(3,4)5;/h3-16,18-25H,1-2H3;6-9,12-14H,11H2,1-5H3;/q2*-1;. The fourth-order valence-electron chi connectivity index (χ4n) is 8.75. The summed E-state index contributed by atoms with van der Waals surface area (Å²) in [6.07, 6.45) is 3.24. The van der Waals surface area contributed by atoms with Crippen LogP contribution in [0.1, 0.15) is 44.4 Å². The third kappa shape index (κ3) is 9.19. The van der Waals surface area contributed by atoms with Gasteiger partial charge in [0, 0.05) is 48.4 Å². The maximum atomic E-state index is 15.1. The molecule has 0 saturated heterocycles. The molecular weight excluding hydrogens is 994 g/mol. The molecule has 0 fully saturated rings. The third-order valence-corrected chi connectivity index (χ3v) is 14.2. The van der Waals surface area contributed by atoms with Crippen LogP contribution in [0, 0.1) is 23.9 Å². The van der Waals surface area contributed by atoms with Crippen molar-refractivity contribution in [1.82, 2.24) is 14.5 Å². The zero-order valence-electron chi connectivity index (χ0n) is 37.9. The van der Waals surface area contributed by atoms with Gasteiger partial charge in [0.15, 0.2) is 0 Å². The first kappa shape index (κ1) is 45.3. The van der Waals surface area contributed by atoms with Crippen molar-refractivity contribution in [3.8, 4) is 39.5 Å². The molecule has 0 saturated carbocycles. The van der Waals surface area contributed by atoms with E-state index >= 15 is 4.39 Å². The molecule has 10 rings (SSSR count). The van der Waals surface area contributed by atoms with Gasteiger partial charge in [-0.3, -0.25) is 4.98 Å². The number of halogens is 1. The monoisotopic (exact) mass is 1050 g/mol. The van der Waals surface area contributed by atoms with Gasteiger partial charge in [-0.25, -0.2) is 4.39 Å². The molecule has 0 unspecified atom stereocenters. The molecule has 3 heterocycles. The maximum absolute atomic E-state index is 15.1. The van der Waals surface area contributed by atoms with Crippen LogP contribution in [0.4, 0.5) is 4.39 Å². The van der Waals surface area contributed by atoms with Crippen LogP contribution in [0.2, 0.25) is 19.6 Å². The molecule has 65 heavy (non-hydrogen) atoms. The van der Waals surface area contributed by atoms with Gasteiger partial charge >= 0.3 is 0 Å². The zero-order chi connectivity index (χ0) is 44.6. The van der Waals surface area contributed by atoms with E-state index in [1.807, 2.05) is 97.1 Å². The average Bonchev–Trinajstić information content (AvgIpc) is 3.88. The van der Waals surface area contributed by atoms with Gasteiger partial charge in [-0.05, 0) is 76.3 Å². The molecule has 1 radical (unpaired) electrons. The molecule has 0 N–H and O–H groups in total. The van der Waals surface area contributed by atoms with E-state index in [0.717, 1.165) is 67.5 Å². The first-order valence-corrected chi connectivity index (χ1v) is 25.6. The molecule has 7 aromatic carbocycles. The quantitative estimate of drug-likeness (QED) is 0.107. The van der Waals surface area contributed by atoms with Crippen molar-refractivity contribution in [3.63, 3.8) is 0 Å². The van der Waals surface area contributed by atoms with E-state index in [2.05, 4.69) is 130 Å². The summed E-state index contributed by atoms with van der Waals surface area (Å²) < 4.78 is 23.9. The average molecular weight is 1050 g/mol. The summed E-state index contributed by atoms with van der Waals surface area (Å²) in [6.45, 7) is 16.2. The van der Waals surface area contributed by atoms with Crippen LogP contribution in [-0.4, -0.2) is 22.6 Å². The summed E-state index contributed by atoms with van der Waals surface area (Å²) in [7, 11) is -1.34. The molecule has 327 valence electrons. The molecule has 4 nitrogen and oxygen atoms in total. The first-order valence-electron chi connectivity index (χ1n) is 22.1. The number of rotatable bonds is 9. The summed E-state index contributed by atoms with van der Waals surface area (Å²) in [5.74, 6) is 1.08. The van der Waals surface area contributed by atoms with Gasteiger partial charge in [0.2, 0.25) is 0 Å². The summed E-state index contributed by atoms with van der Waals surface area (Å²) >= 11 is 0. The molecule has 0 aliphatic rings. The molecule has 10 aromatic rings. The summed E-state index contributed by atoms with van der Waals surface area (Å²) in [5.41, 5.74) is 12.0. The Morgan fingerprint density at radius 1 is 0.723 bits per heavy atom. The van der Waals surface area contributed by atoms with Gasteiger partial charge in [-0.15, -0.1) is 54.1 Å². The van der Waals surface area contributed by atoms with Crippen molar-refractivity contribution in [2.45, 2.75) is 59.2 Å². The Bertz CT molecular complexity index is 3240. The van der Waals surface area contributed by atoms with Crippen molar-refractivity contribution >= 4 is 46.2 Å². The number of nitrogens with zero attached hydrogens (tertiary/aromatic N) is 3. The van der Waals surface area contributed by atoms with Crippen LogP contribution < -0.4 is 5.19 Å². The second kappa shape index (κ2) is 18.7. The van der Waals surface area contributed by atoms with E-state index in [9.17, 15) is 0 Å². The fraction of sp³-hybridized carbons (Fsp3) is 0.172. The van der Waals surface area contributed by atoms with Crippen LogP contribution in [0.3, 0.4) is 0 Å². The Morgan fingerprint density at radius 3 is 2.17 bits per heavy atom. The van der Waals surface area contributed by atoms with Crippen molar-refractivity contribution < 1.29 is 28.9 Å². The number of para-hydroxylation sites is 2. The molecule has 0 aliphatic carbocycles. The van der Waals surface area contributed by atoms with E-state index in [-0.39, 0.29) is 31.3 Å². The molecule has 0 aliphatic heterocycles. The van der Waals surface area contributed by atoms with Crippen LogP contribution in [0.15, 0.2) is 174 Å². The molecular formula is C58H52FIrN3OSi-2. The van der Waals surface area contributed by atoms with Crippen LogP contribution in [0.25, 0.3) is 72.4 Å². The molecule has 0 atom stereocenters. The van der Waals surface area contributed by atoms with Crippen molar-refractivity contribution in [3.05, 3.63) is 205 Å². The molecule has 7 heteroatoms. The Morgan fingerprint density at radius 2 is 1.45 bits per heavy atom.